The molecule has 0 amide bonds. The topological polar surface area (TPSA) is 51.5 Å². The fraction of sp³-hybridized carbons (Fsp3) is 0.750. The summed E-state index contributed by atoms with van der Waals surface area (Å²) >= 11 is 0. The summed E-state index contributed by atoms with van der Waals surface area (Å²) in [6, 6.07) is 2.14. The SMILES string of the molecule is FOB(OF)OF.N#CC1CC1.[KH]. The van der Waals surface area contributed by atoms with Gasteiger partial charge in [0.2, 0.25) is 0 Å². The molecule has 13 heavy (non-hydrogen) atoms. The first-order valence-electron chi connectivity index (χ1n) is 3.00. The van der Waals surface area contributed by atoms with Crippen LogP contribution in [0.25, 0.3) is 0 Å². The molecule has 1 rings (SSSR count). The Hall–Kier alpha value is 0.861. The molecule has 1 aliphatic rings. The average molecular weight is 223 g/mol. The zero-order valence-corrected chi connectivity index (χ0v) is 5.87. The van der Waals surface area contributed by atoms with Crippen LogP contribution < -0.4 is 0 Å². The minimum atomic E-state index is -2.51. The molecule has 0 atom stereocenters. The standard InChI is InChI=1S/C4H5N.BF3O3.K.H/c5-3-4-1-2-4;2-5-1(6-3)7-4;;/h4H,1-2H2;;;. The first kappa shape index (κ1) is 16.3. The van der Waals surface area contributed by atoms with E-state index in [1.54, 1.807) is 0 Å². The molecule has 4 nitrogen and oxygen atoms in total. The molecule has 0 bridgehead atoms. The van der Waals surface area contributed by atoms with Crippen LogP contribution in [0, 0.1) is 17.2 Å². The summed E-state index contributed by atoms with van der Waals surface area (Å²) in [4.78, 5) is 7.06. The average Bonchev–Trinajstić information content (AvgIpc) is 2.91. The van der Waals surface area contributed by atoms with E-state index < -0.39 is 7.32 Å². The van der Waals surface area contributed by atoms with E-state index in [0.29, 0.717) is 5.92 Å². The maximum atomic E-state index is 10.4. The number of nitriles is 1. The molecule has 0 aliphatic heterocycles. The molecule has 70 valence electrons. The molecule has 0 heterocycles. The quantitative estimate of drug-likeness (QED) is 0.668. The molecule has 0 radical (unpaired) electrons. The summed E-state index contributed by atoms with van der Waals surface area (Å²) in [5.41, 5.74) is 0. The number of hydrogen-bond donors (Lipinski definition) is 0. The van der Waals surface area contributed by atoms with E-state index >= 15 is 0 Å². The Bertz CT molecular complexity index is 147. The van der Waals surface area contributed by atoms with Crippen molar-refractivity contribution in [3.63, 3.8) is 0 Å². The van der Waals surface area contributed by atoms with E-state index in [1.807, 2.05) is 0 Å². The molecule has 1 fully saturated rings. The molecule has 9 heteroatoms. The molecule has 0 unspecified atom stereocenters. The van der Waals surface area contributed by atoms with Crippen LogP contribution in [-0.4, -0.2) is 58.7 Å². The van der Waals surface area contributed by atoms with Crippen molar-refractivity contribution >= 4 is 58.7 Å². The van der Waals surface area contributed by atoms with Gasteiger partial charge in [0.05, 0.1) is 6.07 Å². The fourth-order valence-corrected chi connectivity index (χ4v) is 0.254. The molecule has 0 spiro atoms. The van der Waals surface area contributed by atoms with Gasteiger partial charge in [-0.25, -0.2) is 0 Å². The molecule has 0 aromatic rings. The number of rotatable bonds is 3. The molecule has 0 N–H and O–H groups in total. The Morgan fingerprint density at radius 2 is 1.54 bits per heavy atom. The Labute approximate surface area is 116 Å². The summed E-state index contributed by atoms with van der Waals surface area (Å²) < 4.78 is 31.3. The van der Waals surface area contributed by atoms with Crippen LogP contribution in [0.4, 0.5) is 13.6 Å². The van der Waals surface area contributed by atoms with Crippen molar-refractivity contribution in [1.29, 1.82) is 5.26 Å². The van der Waals surface area contributed by atoms with Crippen LogP contribution in [0.15, 0.2) is 0 Å². The van der Waals surface area contributed by atoms with Crippen molar-refractivity contribution in [2.75, 3.05) is 0 Å². The predicted octanol–water partition coefficient (Wildman–Crippen LogP) is 0.946. The second-order valence-corrected chi connectivity index (χ2v) is 1.96. The van der Waals surface area contributed by atoms with Crippen molar-refractivity contribution in [3.8, 4) is 6.07 Å². The number of nitrogens with zero attached hydrogens (tertiary/aromatic N) is 1. The van der Waals surface area contributed by atoms with Crippen molar-refractivity contribution in [3.05, 3.63) is 0 Å². The van der Waals surface area contributed by atoms with Gasteiger partial charge in [0, 0.05) is 5.92 Å². The van der Waals surface area contributed by atoms with Gasteiger partial charge in [-0.1, -0.05) is 13.6 Å². The first-order valence-corrected chi connectivity index (χ1v) is 3.00. The monoisotopic (exact) mass is 223 g/mol. The van der Waals surface area contributed by atoms with Crippen LogP contribution in [0.3, 0.4) is 0 Å². The second-order valence-electron chi connectivity index (χ2n) is 1.96. The van der Waals surface area contributed by atoms with E-state index in [9.17, 15) is 13.6 Å². The van der Waals surface area contributed by atoms with Crippen LogP contribution in [-0.2, 0) is 14.6 Å². The Morgan fingerprint density at radius 1 is 1.15 bits per heavy atom. The van der Waals surface area contributed by atoms with Gasteiger partial charge >= 0.3 is 58.7 Å². The van der Waals surface area contributed by atoms with Crippen molar-refractivity contribution in [2.45, 2.75) is 12.8 Å². The molecule has 1 saturated carbocycles. The Kier molecular flexibility index (Phi) is 13.7. The molecule has 0 aromatic heterocycles. The summed E-state index contributed by atoms with van der Waals surface area (Å²) in [7, 11) is -2.51. The Balaban J connectivity index is 0. The van der Waals surface area contributed by atoms with Gasteiger partial charge in [0.25, 0.3) is 0 Å². The summed E-state index contributed by atoms with van der Waals surface area (Å²) in [5, 5.41) is 7.96. The second kappa shape index (κ2) is 10.9. The third-order valence-corrected chi connectivity index (χ3v) is 0.978. The predicted molar refractivity (Wildman–Crippen MR) is 37.8 cm³/mol. The molecule has 0 saturated heterocycles. The van der Waals surface area contributed by atoms with Crippen molar-refractivity contribution in [1.82, 2.24) is 0 Å². The van der Waals surface area contributed by atoms with Crippen molar-refractivity contribution in [2.24, 2.45) is 5.92 Å². The van der Waals surface area contributed by atoms with E-state index in [0.717, 1.165) is 12.8 Å². The normalized spacial score (nSPS) is 13.1. The first-order chi connectivity index (χ1) is 5.78. The molecular formula is C4H6BF3KNO3. The summed E-state index contributed by atoms with van der Waals surface area (Å²) in [5.74, 6) is 0.440. The van der Waals surface area contributed by atoms with Crippen LogP contribution >= 0.6 is 0 Å². The van der Waals surface area contributed by atoms with Gasteiger partial charge < -0.3 is 0 Å². The number of halogens is 3. The zero-order chi connectivity index (χ0) is 9.40. The van der Waals surface area contributed by atoms with Crippen LogP contribution in [0.5, 0.6) is 0 Å². The van der Waals surface area contributed by atoms with Gasteiger partial charge in [-0.15, -0.1) is 0 Å². The number of hydrogen-bond acceptors (Lipinski definition) is 4. The maximum absolute atomic E-state index is 10.4. The van der Waals surface area contributed by atoms with E-state index in [-0.39, 0.29) is 51.4 Å². The molecular weight excluding hydrogens is 217 g/mol. The Morgan fingerprint density at radius 3 is 1.54 bits per heavy atom. The molecule has 1 aliphatic carbocycles. The minimum absolute atomic E-state index is 0. The van der Waals surface area contributed by atoms with E-state index in [1.165, 1.54) is 0 Å². The summed E-state index contributed by atoms with van der Waals surface area (Å²) in [6.45, 7) is 0. The van der Waals surface area contributed by atoms with Gasteiger partial charge in [0.1, 0.15) is 0 Å². The van der Waals surface area contributed by atoms with Crippen LogP contribution in [0.1, 0.15) is 12.8 Å². The van der Waals surface area contributed by atoms with Gasteiger partial charge in [-0.05, 0) is 12.8 Å². The fourth-order valence-electron chi connectivity index (χ4n) is 0.254. The van der Waals surface area contributed by atoms with Crippen molar-refractivity contribution < 1.29 is 28.2 Å². The van der Waals surface area contributed by atoms with Gasteiger partial charge in [-0.3, -0.25) is 0 Å². The van der Waals surface area contributed by atoms with Gasteiger partial charge in [-0.2, -0.15) is 19.8 Å². The van der Waals surface area contributed by atoms with E-state index in [4.69, 9.17) is 5.26 Å². The van der Waals surface area contributed by atoms with Crippen LogP contribution in [0.2, 0.25) is 0 Å². The molecule has 0 aromatic carbocycles. The summed E-state index contributed by atoms with van der Waals surface area (Å²) in [6.07, 6.45) is 2.30. The van der Waals surface area contributed by atoms with E-state index in [2.05, 4.69) is 20.6 Å². The zero-order valence-electron chi connectivity index (χ0n) is 5.87. The third kappa shape index (κ3) is 10.8. The van der Waals surface area contributed by atoms with Gasteiger partial charge in [0.15, 0.2) is 0 Å². The third-order valence-electron chi connectivity index (χ3n) is 0.978.